The predicted octanol–water partition coefficient (Wildman–Crippen LogP) is 3.17. The normalized spacial score (nSPS) is 15.3. The molecule has 0 saturated carbocycles. The minimum absolute atomic E-state index is 0. The summed E-state index contributed by atoms with van der Waals surface area (Å²) in [5, 5.41) is 16.2. The molecule has 0 amide bonds. The zero-order chi connectivity index (χ0) is 18.4. The second-order valence-corrected chi connectivity index (χ2v) is 7.20. The van der Waals surface area contributed by atoms with Crippen molar-refractivity contribution in [1.82, 2.24) is 15.1 Å². The summed E-state index contributed by atoms with van der Waals surface area (Å²) in [5.41, 5.74) is 1.10. The highest BCUT2D eigenvalue weighted by Gasteiger charge is 2.19. The molecule has 3 rings (SSSR count). The highest BCUT2D eigenvalue weighted by Crippen LogP contribution is 2.14. The van der Waals surface area contributed by atoms with Crippen molar-refractivity contribution in [3.63, 3.8) is 0 Å². The van der Waals surface area contributed by atoms with E-state index in [0.717, 1.165) is 44.2 Å². The largest absolute Gasteiger partial charge is 0.352 e. The summed E-state index contributed by atoms with van der Waals surface area (Å²) >= 11 is 1.80. The fourth-order valence-electron chi connectivity index (χ4n) is 2.99. The second kappa shape index (κ2) is 10.6. The lowest BCUT2D eigenvalue weighted by atomic mass is 10.2. The number of rotatable bonds is 5. The highest BCUT2D eigenvalue weighted by molar-refractivity contribution is 14.0. The zero-order valence-electron chi connectivity index (χ0n) is 15.2. The molecule has 1 saturated heterocycles. The Bertz CT molecular complexity index is 744. The van der Waals surface area contributed by atoms with E-state index < -0.39 is 0 Å². The number of non-ortho nitro benzene ring substituents is 1. The quantitative estimate of drug-likeness (QED) is 0.224. The number of benzene rings is 1. The van der Waals surface area contributed by atoms with Crippen molar-refractivity contribution < 1.29 is 4.92 Å². The predicted molar refractivity (Wildman–Crippen MR) is 120 cm³/mol. The standard InChI is InChI=1S/C18H23N5O2S.HI/c1-19-18(20-13-15-4-6-16(7-5-15)23(24)25)22-10-8-21(9-11-22)14-17-3-2-12-26-17;/h2-7,12H,8-11,13-14H2,1H3,(H,19,20);1H. The SMILES string of the molecule is CN=C(NCc1ccc([N+](=O)[O-])cc1)N1CCN(Cc2cccs2)CC1.I. The van der Waals surface area contributed by atoms with Gasteiger partial charge >= 0.3 is 0 Å². The van der Waals surface area contributed by atoms with Gasteiger partial charge in [0.05, 0.1) is 4.92 Å². The number of halogens is 1. The molecule has 1 aromatic carbocycles. The molecule has 9 heteroatoms. The fourth-order valence-corrected chi connectivity index (χ4v) is 3.74. The molecule has 1 aliphatic rings. The van der Waals surface area contributed by atoms with Gasteiger partial charge < -0.3 is 10.2 Å². The number of nitro groups is 1. The van der Waals surface area contributed by atoms with Gasteiger partial charge in [-0.1, -0.05) is 18.2 Å². The van der Waals surface area contributed by atoms with Crippen molar-refractivity contribution in [3.05, 3.63) is 62.3 Å². The number of nitro benzene ring substituents is 1. The minimum Gasteiger partial charge on any atom is -0.352 e. The Balaban J connectivity index is 0.00000261. The maximum atomic E-state index is 10.7. The van der Waals surface area contributed by atoms with Gasteiger partial charge in [0, 0.05) is 63.3 Å². The maximum Gasteiger partial charge on any atom is 0.269 e. The van der Waals surface area contributed by atoms with Gasteiger partial charge in [0.25, 0.3) is 5.69 Å². The first-order valence-corrected chi connectivity index (χ1v) is 9.47. The van der Waals surface area contributed by atoms with Gasteiger partial charge in [-0.15, -0.1) is 35.3 Å². The first-order valence-electron chi connectivity index (χ1n) is 8.59. The van der Waals surface area contributed by atoms with Gasteiger partial charge in [-0.05, 0) is 17.0 Å². The highest BCUT2D eigenvalue weighted by atomic mass is 127. The summed E-state index contributed by atoms with van der Waals surface area (Å²) in [4.78, 5) is 20.8. The smallest absolute Gasteiger partial charge is 0.269 e. The molecule has 0 aliphatic carbocycles. The number of nitrogens with one attached hydrogen (secondary N) is 1. The summed E-state index contributed by atoms with van der Waals surface area (Å²) in [6.45, 7) is 5.50. The third-order valence-electron chi connectivity index (χ3n) is 4.44. The van der Waals surface area contributed by atoms with Crippen molar-refractivity contribution in [1.29, 1.82) is 0 Å². The molecular weight excluding hydrogens is 477 g/mol. The minimum atomic E-state index is -0.383. The molecule has 2 heterocycles. The summed E-state index contributed by atoms with van der Waals surface area (Å²) in [6, 6.07) is 10.9. The van der Waals surface area contributed by atoms with Crippen LogP contribution in [0.1, 0.15) is 10.4 Å². The molecule has 0 radical (unpaired) electrons. The van der Waals surface area contributed by atoms with Crippen LogP contribution in [-0.2, 0) is 13.1 Å². The zero-order valence-corrected chi connectivity index (χ0v) is 18.4. The van der Waals surface area contributed by atoms with Crippen LogP contribution in [0.5, 0.6) is 0 Å². The average Bonchev–Trinajstić information content (AvgIpc) is 3.17. The lowest BCUT2D eigenvalue weighted by Crippen LogP contribution is -2.51. The van der Waals surface area contributed by atoms with Crippen LogP contribution in [0.25, 0.3) is 0 Å². The van der Waals surface area contributed by atoms with Gasteiger partial charge in [0.2, 0.25) is 0 Å². The lowest BCUT2D eigenvalue weighted by molar-refractivity contribution is -0.384. The van der Waals surface area contributed by atoms with Crippen molar-refractivity contribution in [2.45, 2.75) is 13.1 Å². The fraction of sp³-hybridized carbons (Fsp3) is 0.389. The van der Waals surface area contributed by atoms with Gasteiger partial charge in [-0.25, -0.2) is 0 Å². The molecule has 0 unspecified atom stereocenters. The number of hydrogen-bond donors (Lipinski definition) is 1. The monoisotopic (exact) mass is 501 g/mol. The van der Waals surface area contributed by atoms with Crippen LogP contribution in [0.4, 0.5) is 5.69 Å². The molecule has 0 spiro atoms. The third kappa shape index (κ3) is 6.15. The van der Waals surface area contributed by atoms with E-state index in [-0.39, 0.29) is 34.6 Å². The van der Waals surface area contributed by atoms with Crippen LogP contribution in [0.3, 0.4) is 0 Å². The first-order chi connectivity index (χ1) is 12.7. The molecule has 1 fully saturated rings. The topological polar surface area (TPSA) is 74.0 Å². The number of thiophene rings is 1. The van der Waals surface area contributed by atoms with Crippen LogP contribution < -0.4 is 5.32 Å². The first kappa shape index (κ1) is 21.6. The van der Waals surface area contributed by atoms with Crippen LogP contribution in [-0.4, -0.2) is 53.9 Å². The van der Waals surface area contributed by atoms with Crippen LogP contribution in [0.15, 0.2) is 46.8 Å². The van der Waals surface area contributed by atoms with Gasteiger partial charge in [0.1, 0.15) is 0 Å². The molecule has 146 valence electrons. The Hall–Kier alpha value is -1.72. The van der Waals surface area contributed by atoms with Crippen molar-refractivity contribution in [2.75, 3.05) is 33.2 Å². The van der Waals surface area contributed by atoms with E-state index in [1.807, 2.05) is 0 Å². The Morgan fingerprint density at radius 3 is 2.48 bits per heavy atom. The Kier molecular flexibility index (Phi) is 8.45. The van der Waals surface area contributed by atoms with Crippen LogP contribution in [0, 0.1) is 10.1 Å². The van der Waals surface area contributed by atoms with E-state index >= 15 is 0 Å². The molecule has 7 nitrogen and oxygen atoms in total. The van der Waals surface area contributed by atoms with Crippen molar-refractivity contribution >= 4 is 47.0 Å². The Morgan fingerprint density at radius 1 is 1.22 bits per heavy atom. The van der Waals surface area contributed by atoms with E-state index in [4.69, 9.17) is 0 Å². The van der Waals surface area contributed by atoms with Gasteiger partial charge in [0.15, 0.2) is 5.96 Å². The lowest BCUT2D eigenvalue weighted by Gasteiger charge is -2.36. The van der Waals surface area contributed by atoms with E-state index in [2.05, 4.69) is 37.6 Å². The van der Waals surface area contributed by atoms with E-state index in [0.29, 0.717) is 6.54 Å². The summed E-state index contributed by atoms with van der Waals surface area (Å²) < 4.78 is 0. The number of nitrogens with zero attached hydrogens (tertiary/aromatic N) is 4. The summed E-state index contributed by atoms with van der Waals surface area (Å²) in [7, 11) is 1.79. The van der Waals surface area contributed by atoms with Crippen molar-refractivity contribution in [3.8, 4) is 0 Å². The molecule has 27 heavy (non-hydrogen) atoms. The molecule has 0 bridgehead atoms. The second-order valence-electron chi connectivity index (χ2n) is 6.17. The third-order valence-corrected chi connectivity index (χ3v) is 5.30. The van der Waals surface area contributed by atoms with E-state index in [9.17, 15) is 10.1 Å². The maximum absolute atomic E-state index is 10.7. The number of aliphatic imine (C=N–C) groups is 1. The van der Waals surface area contributed by atoms with Crippen LogP contribution in [0.2, 0.25) is 0 Å². The molecular formula is C18H24IN5O2S. The molecule has 0 atom stereocenters. The Labute approximate surface area is 180 Å². The van der Waals surface area contributed by atoms with Gasteiger partial charge in [-0.3, -0.25) is 20.0 Å². The van der Waals surface area contributed by atoms with E-state index in [1.54, 1.807) is 30.5 Å². The van der Waals surface area contributed by atoms with Crippen LogP contribution >= 0.6 is 35.3 Å². The van der Waals surface area contributed by atoms with Crippen molar-refractivity contribution in [2.24, 2.45) is 4.99 Å². The molecule has 1 aliphatic heterocycles. The number of hydrogen-bond acceptors (Lipinski definition) is 5. The average molecular weight is 501 g/mol. The Morgan fingerprint density at radius 2 is 1.93 bits per heavy atom. The molecule has 2 aromatic rings. The summed E-state index contributed by atoms with van der Waals surface area (Å²) in [5.74, 6) is 0.874. The van der Waals surface area contributed by atoms with Gasteiger partial charge in [-0.2, -0.15) is 0 Å². The molecule has 1 N–H and O–H groups in total. The number of piperazine rings is 1. The number of guanidine groups is 1. The summed E-state index contributed by atoms with van der Waals surface area (Å²) in [6.07, 6.45) is 0. The molecule has 1 aromatic heterocycles. The van der Waals surface area contributed by atoms with E-state index in [1.165, 1.54) is 17.0 Å².